The molecule has 0 heterocycles. The highest BCUT2D eigenvalue weighted by molar-refractivity contribution is 6.02. The molecule has 1 aromatic carbocycles. The molecule has 10 nitrogen and oxygen atoms in total. The lowest BCUT2D eigenvalue weighted by molar-refractivity contribution is -0.393. The predicted octanol–water partition coefficient (Wildman–Crippen LogP) is 1.83. The summed E-state index contributed by atoms with van der Waals surface area (Å²) in [6.07, 6.45) is 1.50. The van der Waals surface area contributed by atoms with Gasteiger partial charge in [-0.2, -0.15) is 0 Å². The molecule has 1 aromatic rings. The lowest BCUT2D eigenvalue weighted by Gasteiger charge is -2.11. The number of nitrogens with zero attached hydrogens (tertiary/aromatic N) is 2. The fraction of sp³-hybridized carbons (Fsp3) is 0.364. The second-order valence-corrected chi connectivity index (χ2v) is 4.12. The molecule has 1 rings (SSSR count). The van der Waals surface area contributed by atoms with Crippen molar-refractivity contribution in [2.45, 2.75) is 19.8 Å². The molecule has 0 bridgehead atoms. The Labute approximate surface area is 119 Å². The monoisotopic (exact) mass is 298 g/mol. The van der Waals surface area contributed by atoms with E-state index in [9.17, 15) is 25.0 Å². The Bertz CT molecular complexity index is 574. The van der Waals surface area contributed by atoms with E-state index in [1.807, 2.05) is 6.92 Å². The molecule has 0 aliphatic carbocycles. The Balaban J connectivity index is 3.42. The van der Waals surface area contributed by atoms with Gasteiger partial charge in [0.1, 0.15) is 5.69 Å². The van der Waals surface area contributed by atoms with Crippen molar-refractivity contribution in [3.63, 3.8) is 0 Å². The van der Waals surface area contributed by atoms with Crippen LogP contribution in [0.25, 0.3) is 0 Å². The number of carbonyl (C=O) groups is 1. The van der Waals surface area contributed by atoms with Gasteiger partial charge < -0.3 is 5.32 Å². The fourth-order valence-corrected chi connectivity index (χ4v) is 1.68. The van der Waals surface area contributed by atoms with Crippen molar-refractivity contribution in [1.29, 1.82) is 0 Å². The maximum atomic E-state index is 11.6. The van der Waals surface area contributed by atoms with Crippen LogP contribution in [0.5, 0.6) is 0 Å². The highest BCUT2D eigenvalue weighted by atomic mass is 16.6. The summed E-state index contributed by atoms with van der Waals surface area (Å²) in [5.74, 6) is -1.07. The van der Waals surface area contributed by atoms with E-state index in [4.69, 9.17) is 5.21 Å². The topological polar surface area (TPSA) is 148 Å². The predicted molar refractivity (Wildman–Crippen MR) is 72.4 cm³/mol. The minimum Gasteiger partial charge on any atom is -0.379 e. The summed E-state index contributed by atoms with van der Waals surface area (Å²) in [5, 5.41) is 33.2. The summed E-state index contributed by atoms with van der Waals surface area (Å²) >= 11 is 0. The SMILES string of the molecule is CCCCNc1c(C(=O)NO)cc([N+](=O)[O-])cc1[N+](=O)[O-]. The average molecular weight is 298 g/mol. The minimum atomic E-state index is -1.07. The average Bonchev–Trinajstić information content (AvgIpc) is 2.45. The molecule has 1 amide bonds. The van der Waals surface area contributed by atoms with Gasteiger partial charge in [0, 0.05) is 12.6 Å². The summed E-state index contributed by atoms with van der Waals surface area (Å²) in [7, 11) is 0. The number of non-ortho nitro benzene ring substituents is 1. The fourth-order valence-electron chi connectivity index (χ4n) is 1.68. The van der Waals surface area contributed by atoms with Crippen molar-refractivity contribution in [2.75, 3.05) is 11.9 Å². The first-order valence-corrected chi connectivity index (χ1v) is 6.07. The van der Waals surface area contributed by atoms with Crippen LogP contribution in [0.1, 0.15) is 30.1 Å². The standard InChI is InChI=1S/C11H14N4O6/c1-2-3-4-12-10-8(11(16)13-17)5-7(14(18)19)6-9(10)15(20)21/h5-6,12,17H,2-4H2,1H3,(H,13,16). The molecule has 0 aliphatic rings. The Morgan fingerprint density at radius 2 is 1.95 bits per heavy atom. The van der Waals surface area contributed by atoms with Gasteiger partial charge in [0.15, 0.2) is 0 Å². The van der Waals surface area contributed by atoms with E-state index in [-0.39, 0.29) is 11.3 Å². The first-order valence-electron chi connectivity index (χ1n) is 6.07. The van der Waals surface area contributed by atoms with Crippen LogP contribution in [0.15, 0.2) is 12.1 Å². The van der Waals surface area contributed by atoms with Crippen LogP contribution >= 0.6 is 0 Å². The third-order valence-corrected chi connectivity index (χ3v) is 2.69. The zero-order valence-electron chi connectivity index (χ0n) is 11.2. The second-order valence-electron chi connectivity index (χ2n) is 4.12. The minimum absolute atomic E-state index is 0.161. The molecular formula is C11H14N4O6. The number of hydrogen-bond donors (Lipinski definition) is 3. The zero-order chi connectivity index (χ0) is 16.0. The lowest BCUT2D eigenvalue weighted by atomic mass is 10.1. The van der Waals surface area contributed by atoms with Crippen LogP contribution in [0.2, 0.25) is 0 Å². The largest absolute Gasteiger partial charge is 0.379 e. The first-order chi connectivity index (χ1) is 9.92. The summed E-state index contributed by atoms with van der Waals surface area (Å²) in [5.41, 5.74) is -0.416. The molecule has 0 radical (unpaired) electrons. The molecule has 114 valence electrons. The normalized spacial score (nSPS) is 10.0. The molecule has 21 heavy (non-hydrogen) atoms. The van der Waals surface area contributed by atoms with E-state index >= 15 is 0 Å². The number of nitro groups is 2. The molecular weight excluding hydrogens is 284 g/mol. The third kappa shape index (κ3) is 3.86. The number of unbranched alkanes of at least 4 members (excludes halogenated alkanes) is 1. The van der Waals surface area contributed by atoms with E-state index in [0.29, 0.717) is 13.0 Å². The second kappa shape index (κ2) is 7.14. The van der Waals surface area contributed by atoms with Gasteiger partial charge in [0.25, 0.3) is 17.3 Å². The van der Waals surface area contributed by atoms with Crippen LogP contribution in [0.4, 0.5) is 17.1 Å². The van der Waals surface area contributed by atoms with Crippen LogP contribution in [-0.4, -0.2) is 27.5 Å². The number of nitro benzene ring substituents is 2. The van der Waals surface area contributed by atoms with E-state index in [0.717, 1.165) is 18.6 Å². The number of nitrogens with one attached hydrogen (secondary N) is 2. The number of benzene rings is 1. The molecule has 3 N–H and O–H groups in total. The summed E-state index contributed by atoms with van der Waals surface area (Å²) < 4.78 is 0. The van der Waals surface area contributed by atoms with Gasteiger partial charge in [-0.1, -0.05) is 13.3 Å². The molecule has 0 aromatic heterocycles. The summed E-state index contributed by atoms with van der Waals surface area (Å²) in [6, 6.07) is 1.63. The van der Waals surface area contributed by atoms with Crippen LogP contribution in [0, 0.1) is 20.2 Å². The Hall–Kier alpha value is -2.75. The molecule has 0 unspecified atom stereocenters. The number of amides is 1. The van der Waals surface area contributed by atoms with Crippen molar-refractivity contribution in [3.8, 4) is 0 Å². The van der Waals surface area contributed by atoms with Crippen LogP contribution in [-0.2, 0) is 0 Å². The molecule has 0 spiro atoms. The van der Waals surface area contributed by atoms with Gasteiger partial charge >= 0.3 is 0 Å². The van der Waals surface area contributed by atoms with Crippen molar-refractivity contribution in [3.05, 3.63) is 37.9 Å². The van der Waals surface area contributed by atoms with E-state index < -0.39 is 27.1 Å². The van der Waals surface area contributed by atoms with Gasteiger partial charge in [-0.15, -0.1) is 0 Å². The number of anilines is 1. The number of hydroxylamine groups is 1. The maximum absolute atomic E-state index is 11.6. The van der Waals surface area contributed by atoms with E-state index in [1.165, 1.54) is 5.48 Å². The number of carbonyl (C=O) groups excluding carboxylic acids is 1. The van der Waals surface area contributed by atoms with E-state index in [1.54, 1.807) is 0 Å². The van der Waals surface area contributed by atoms with Crippen molar-refractivity contribution in [2.24, 2.45) is 0 Å². The molecule has 0 saturated heterocycles. The molecule has 0 saturated carbocycles. The Morgan fingerprint density at radius 1 is 1.29 bits per heavy atom. The molecule has 0 aliphatic heterocycles. The lowest BCUT2D eigenvalue weighted by Crippen LogP contribution is -2.21. The van der Waals surface area contributed by atoms with Gasteiger partial charge in [0.2, 0.25) is 0 Å². The van der Waals surface area contributed by atoms with Gasteiger partial charge in [0.05, 0.1) is 21.5 Å². The number of hydrogen-bond acceptors (Lipinski definition) is 7. The summed E-state index contributed by atoms with van der Waals surface area (Å²) in [4.78, 5) is 31.7. The quantitative estimate of drug-likeness (QED) is 0.301. The van der Waals surface area contributed by atoms with Gasteiger partial charge in [-0.3, -0.25) is 30.2 Å². The molecule has 0 atom stereocenters. The highest BCUT2D eigenvalue weighted by Crippen LogP contribution is 2.33. The molecule has 0 fully saturated rings. The third-order valence-electron chi connectivity index (χ3n) is 2.69. The van der Waals surface area contributed by atoms with E-state index in [2.05, 4.69) is 5.32 Å². The Morgan fingerprint density at radius 3 is 2.43 bits per heavy atom. The van der Waals surface area contributed by atoms with Crippen molar-refractivity contribution < 1.29 is 19.8 Å². The van der Waals surface area contributed by atoms with Crippen molar-refractivity contribution >= 4 is 23.0 Å². The maximum Gasteiger partial charge on any atom is 0.300 e. The number of rotatable bonds is 7. The first kappa shape index (κ1) is 16.3. The smallest absolute Gasteiger partial charge is 0.300 e. The highest BCUT2D eigenvalue weighted by Gasteiger charge is 2.27. The van der Waals surface area contributed by atoms with Gasteiger partial charge in [-0.05, 0) is 6.42 Å². The zero-order valence-corrected chi connectivity index (χ0v) is 11.2. The van der Waals surface area contributed by atoms with Crippen LogP contribution in [0.3, 0.4) is 0 Å². The molecule has 10 heteroatoms. The van der Waals surface area contributed by atoms with Crippen LogP contribution < -0.4 is 10.8 Å². The summed E-state index contributed by atoms with van der Waals surface area (Å²) in [6.45, 7) is 2.26. The Kier molecular flexibility index (Phi) is 5.55. The van der Waals surface area contributed by atoms with Gasteiger partial charge in [-0.25, -0.2) is 5.48 Å². The van der Waals surface area contributed by atoms with Crippen molar-refractivity contribution in [1.82, 2.24) is 5.48 Å².